The molecule has 9 nitrogen and oxygen atoms in total. The summed E-state index contributed by atoms with van der Waals surface area (Å²) in [6.45, 7) is 11.6. The van der Waals surface area contributed by atoms with E-state index < -0.39 is 19.1 Å². The lowest BCUT2D eigenvalue weighted by atomic mass is 9.93. The van der Waals surface area contributed by atoms with Crippen LogP contribution < -0.4 is 14.2 Å². The standard InChI is InChI=1S/C34H42N2O7Si/c1-34(2,3)44(6,7)43-23-27-19-26(25-13-15-28(40-4)16-14-25)17-18-35(27)33(37)29-20-31(41-5)32(21-30(29)36(38)39)42-22-24-11-9-8-10-12-24/h8-17,20-21,27H,18-19,22-23H2,1-7H3/t27-/m0/s1. The van der Waals surface area contributed by atoms with Gasteiger partial charge in [-0.25, -0.2) is 0 Å². The van der Waals surface area contributed by atoms with Gasteiger partial charge in [0.1, 0.15) is 17.9 Å². The molecule has 0 saturated carbocycles. The van der Waals surface area contributed by atoms with E-state index in [0.29, 0.717) is 13.0 Å². The molecule has 44 heavy (non-hydrogen) atoms. The van der Waals surface area contributed by atoms with Crippen LogP contribution in [0.3, 0.4) is 0 Å². The highest BCUT2D eigenvalue weighted by Gasteiger charge is 2.40. The molecule has 0 fully saturated rings. The van der Waals surface area contributed by atoms with Crippen molar-refractivity contribution in [2.24, 2.45) is 0 Å². The Balaban J connectivity index is 1.68. The van der Waals surface area contributed by atoms with Gasteiger partial charge in [0, 0.05) is 12.6 Å². The molecule has 0 unspecified atom stereocenters. The van der Waals surface area contributed by atoms with E-state index in [4.69, 9.17) is 18.6 Å². The second-order valence-electron chi connectivity index (χ2n) is 12.4. The number of methoxy groups -OCH3 is 2. The molecule has 4 rings (SSSR count). The van der Waals surface area contributed by atoms with Crippen molar-refractivity contribution in [3.05, 3.63) is 99.6 Å². The number of carbonyl (C=O) groups is 1. The van der Waals surface area contributed by atoms with E-state index in [1.54, 1.807) is 12.0 Å². The second kappa shape index (κ2) is 13.7. The number of amides is 1. The number of nitro benzene ring substituents is 1. The zero-order valence-electron chi connectivity index (χ0n) is 26.6. The first-order valence-electron chi connectivity index (χ1n) is 14.7. The number of hydrogen-bond acceptors (Lipinski definition) is 7. The van der Waals surface area contributed by atoms with Crippen molar-refractivity contribution in [2.75, 3.05) is 27.4 Å². The predicted molar refractivity (Wildman–Crippen MR) is 174 cm³/mol. The molecule has 0 spiro atoms. The van der Waals surface area contributed by atoms with Crippen LogP contribution in [0.25, 0.3) is 5.57 Å². The van der Waals surface area contributed by atoms with Gasteiger partial charge in [0.15, 0.2) is 19.8 Å². The molecule has 1 aliphatic heterocycles. The van der Waals surface area contributed by atoms with Gasteiger partial charge in [-0.3, -0.25) is 14.9 Å². The smallest absolute Gasteiger partial charge is 0.286 e. The van der Waals surface area contributed by atoms with Crippen molar-refractivity contribution in [1.29, 1.82) is 0 Å². The fraction of sp³-hybridized carbons (Fsp3) is 0.382. The van der Waals surface area contributed by atoms with Gasteiger partial charge >= 0.3 is 0 Å². The molecule has 3 aromatic carbocycles. The Morgan fingerprint density at radius 3 is 2.27 bits per heavy atom. The van der Waals surface area contributed by atoms with Crippen LogP contribution in [0.5, 0.6) is 17.2 Å². The van der Waals surface area contributed by atoms with E-state index in [0.717, 1.165) is 22.4 Å². The minimum atomic E-state index is -2.15. The van der Waals surface area contributed by atoms with Crippen molar-refractivity contribution in [1.82, 2.24) is 4.90 Å². The molecule has 1 heterocycles. The Morgan fingerprint density at radius 2 is 1.68 bits per heavy atom. The average molecular weight is 619 g/mol. The van der Waals surface area contributed by atoms with Gasteiger partial charge in [-0.1, -0.05) is 69.3 Å². The maximum Gasteiger partial charge on any atom is 0.286 e. The lowest BCUT2D eigenvalue weighted by Crippen LogP contribution is -2.49. The van der Waals surface area contributed by atoms with Gasteiger partial charge in [0.05, 0.1) is 37.9 Å². The molecule has 3 aromatic rings. The Kier molecular flexibility index (Phi) is 10.2. The number of benzene rings is 3. The zero-order valence-corrected chi connectivity index (χ0v) is 27.6. The number of ether oxygens (including phenoxy) is 3. The first-order chi connectivity index (χ1) is 20.8. The Labute approximate surface area is 260 Å². The maximum absolute atomic E-state index is 14.2. The molecule has 0 N–H and O–H groups in total. The molecule has 0 radical (unpaired) electrons. The number of carbonyl (C=O) groups excluding carboxylic acids is 1. The van der Waals surface area contributed by atoms with Gasteiger partial charge in [-0.2, -0.15) is 0 Å². The molecular weight excluding hydrogens is 576 g/mol. The summed E-state index contributed by atoms with van der Waals surface area (Å²) in [6.07, 6.45) is 2.54. The number of nitro groups is 1. The normalized spacial score (nSPS) is 15.4. The van der Waals surface area contributed by atoms with Crippen molar-refractivity contribution >= 4 is 25.5 Å². The lowest BCUT2D eigenvalue weighted by Gasteiger charge is -2.41. The van der Waals surface area contributed by atoms with Crippen molar-refractivity contribution in [3.8, 4) is 17.2 Å². The summed E-state index contributed by atoms with van der Waals surface area (Å²) in [5.41, 5.74) is 2.61. The average Bonchev–Trinajstić information content (AvgIpc) is 3.01. The van der Waals surface area contributed by atoms with E-state index in [1.165, 1.54) is 19.2 Å². The molecule has 0 aliphatic carbocycles. The summed E-state index contributed by atoms with van der Waals surface area (Å²) in [6, 6.07) is 19.6. The quantitative estimate of drug-likeness (QED) is 0.125. The lowest BCUT2D eigenvalue weighted by molar-refractivity contribution is -0.385. The fourth-order valence-corrected chi connectivity index (χ4v) is 5.84. The topological polar surface area (TPSA) is 100 Å². The van der Waals surface area contributed by atoms with E-state index >= 15 is 0 Å². The molecule has 234 valence electrons. The van der Waals surface area contributed by atoms with Crippen LogP contribution in [0.2, 0.25) is 18.1 Å². The third kappa shape index (κ3) is 7.49. The van der Waals surface area contributed by atoms with E-state index in [9.17, 15) is 14.9 Å². The number of nitrogens with zero attached hydrogens (tertiary/aromatic N) is 2. The number of rotatable bonds is 11. The highest BCUT2D eigenvalue weighted by atomic mass is 28.4. The SMILES string of the molecule is COc1ccc(C2=CCN(C(=O)c3cc(OC)c(OCc4ccccc4)cc3[N+](=O)[O-])[C@H](CO[Si](C)(C)C(C)(C)C)C2)cc1. The molecule has 0 bridgehead atoms. The van der Waals surface area contributed by atoms with Crippen LogP contribution >= 0.6 is 0 Å². The highest BCUT2D eigenvalue weighted by Crippen LogP contribution is 2.39. The summed E-state index contributed by atoms with van der Waals surface area (Å²) in [5.74, 6) is 0.740. The Morgan fingerprint density at radius 1 is 1.00 bits per heavy atom. The van der Waals surface area contributed by atoms with Crippen molar-refractivity contribution < 1.29 is 28.4 Å². The van der Waals surface area contributed by atoms with Crippen LogP contribution in [-0.2, 0) is 11.0 Å². The van der Waals surface area contributed by atoms with Gasteiger partial charge in [0.25, 0.3) is 11.6 Å². The largest absolute Gasteiger partial charge is 0.497 e. The maximum atomic E-state index is 14.2. The zero-order chi connectivity index (χ0) is 32.1. The minimum Gasteiger partial charge on any atom is -0.497 e. The molecular formula is C34H42N2O7Si. The Hall–Kier alpha value is -4.15. The van der Waals surface area contributed by atoms with Crippen LogP contribution in [0.15, 0.2) is 72.8 Å². The molecule has 10 heteroatoms. The monoisotopic (exact) mass is 618 g/mol. The Bertz CT molecular complexity index is 1500. The summed E-state index contributed by atoms with van der Waals surface area (Å²) in [7, 11) is 0.924. The first kappa shape index (κ1) is 32.8. The minimum absolute atomic E-state index is 0.0209. The van der Waals surface area contributed by atoms with Crippen LogP contribution in [0.1, 0.15) is 48.7 Å². The van der Waals surface area contributed by atoms with E-state index in [2.05, 4.69) is 33.9 Å². The van der Waals surface area contributed by atoms with Crippen LogP contribution in [-0.4, -0.2) is 57.5 Å². The molecule has 0 saturated heterocycles. The second-order valence-corrected chi connectivity index (χ2v) is 17.2. The summed E-state index contributed by atoms with van der Waals surface area (Å²) >= 11 is 0. The molecule has 1 amide bonds. The van der Waals surface area contributed by atoms with Gasteiger partial charge in [0.2, 0.25) is 0 Å². The van der Waals surface area contributed by atoms with Gasteiger partial charge in [-0.05, 0) is 53.4 Å². The molecule has 0 aromatic heterocycles. The van der Waals surface area contributed by atoms with Gasteiger partial charge in [-0.15, -0.1) is 0 Å². The van der Waals surface area contributed by atoms with E-state index in [1.807, 2.05) is 60.7 Å². The van der Waals surface area contributed by atoms with Crippen LogP contribution in [0, 0.1) is 10.1 Å². The van der Waals surface area contributed by atoms with Crippen LogP contribution in [0.4, 0.5) is 5.69 Å². The summed E-state index contributed by atoms with van der Waals surface area (Å²) in [4.78, 5) is 27.6. The van der Waals surface area contributed by atoms with E-state index in [-0.39, 0.29) is 47.0 Å². The van der Waals surface area contributed by atoms with Crippen molar-refractivity contribution in [3.63, 3.8) is 0 Å². The first-order valence-corrected chi connectivity index (χ1v) is 17.6. The molecule has 1 atom stereocenters. The fourth-order valence-electron chi connectivity index (χ4n) is 4.80. The highest BCUT2D eigenvalue weighted by molar-refractivity contribution is 6.74. The third-order valence-corrected chi connectivity index (χ3v) is 13.0. The predicted octanol–water partition coefficient (Wildman–Crippen LogP) is 7.51. The summed E-state index contributed by atoms with van der Waals surface area (Å²) in [5, 5.41) is 12.2. The van der Waals surface area contributed by atoms with Gasteiger partial charge < -0.3 is 23.5 Å². The number of hydrogen-bond donors (Lipinski definition) is 0. The molecule has 1 aliphatic rings. The summed E-state index contributed by atoms with van der Waals surface area (Å²) < 4.78 is 23.4. The third-order valence-electron chi connectivity index (χ3n) is 8.54. The van der Waals surface area contributed by atoms with Crippen molar-refractivity contribution in [2.45, 2.75) is 58.0 Å².